The third-order valence-electron chi connectivity index (χ3n) is 6.11. The number of benzene rings is 2. The Morgan fingerprint density at radius 1 is 0.973 bits per heavy atom. The van der Waals surface area contributed by atoms with Crippen LogP contribution in [0.3, 0.4) is 0 Å². The Morgan fingerprint density at radius 3 is 2.32 bits per heavy atom. The van der Waals surface area contributed by atoms with Crippen LogP contribution in [0.25, 0.3) is 0 Å². The van der Waals surface area contributed by atoms with Crippen molar-refractivity contribution in [1.29, 1.82) is 0 Å². The van der Waals surface area contributed by atoms with Gasteiger partial charge in [-0.1, -0.05) is 18.2 Å². The molecule has 4 aromatic rings. The number of thiol groups is 1. The minimum absolute atomic E-state index is 0.0304. The normalized spacial score (nSPS) is 14.7. The third kappa shape index (κ3) is 6.42. The Kier molecular flexibility index (Phi) is 7.60. The number of aromatic amines is 1. The van der Waals surface area contributed by atoms with Gasteiger partial charge in [0.2, 0.25) is 5.88 Å². The van der Waals surface area contributed by atoms with Gasteiger partial charge < -0.3 is 24.1 Å². The predicted molar refractivity (Wildman–Crippen MR) is 143 cm³/mol. The Hall–Kier alpha value is -3.98. The molecule has 0 aliphatic carbocycles. The summed E-state index contributed by atoms with van der Waals surface area (Å²) in [7, 11) is 0. The summed E-state index contributed by atoms with van der Waals surface area (Å²) in [6.45, 7) is 3.12. The highest BCUT2D eigenvalue weighted by Gasteiger charge is 2.25. The molecule has 1 fully saturated rings. The van der Waals surface area contributed by atoms with Crippen LogP contribution in [-0.4, -0.2) is 45.1 Å². The van der Waals surface area contributed by atoms with Crippen LogP contribution in [0.4, 0.5) is 4.79 Å². The van der Waals surface area contributed by atoms with Crippen molar-refractivity contribution in [1.82, 2.24) is 19.9 Å². The fourth-order valence-electron chi connectivity index (χ4n) is 4.04. The molecule has 1 unspecified atom stereocenters. The largest absolute Gasteiger partial charge is 0.490 e. The number of ether oxygens (including phenoxy) is 3. The van der Waals surface area contributed by atoms with E-state index in [1.54, 1.807) is 35.6 Å². The maximum Gasteiger partial charge on any atom is 0.415 e. The second-order valence-electron chi connectivity index (χ2n) is 8.87. The molecule has 1 amide bonds. The van der Waals surface area contributed by atoms with Crippen LogP contribution in [0.1, 0.15) is 35.0 Å². The monoisotopic (exact) mass is 516 g/mol. The van der Waals surface area contributed by atoms with E-state index in [9.17, 15) is 4.79 Å². The average molecular weight is 517 g/mol. The van der Waals surface area contributed by atoms with Crippen molar-refractivity contribution in [2.45, 2.75) is 31.1 Å². The third-order valence-corrected chi connectivity index (χ3v) is 6.66. The molecule has 2 aromatic carbocycles. The van der Waals surface area contributed by atoms with E-state index in [1.165, 1.54) is 0 Å². The summed E-state index contributed by atoms with van der Waals surface area (Å²) in [5.41, 5.74) is 2.04. The number of carbonyl (C=O) groups excluding carboxylic acids is 1. The van der Waals surface area contributed by atoms with Gasteiger partial charge in [-0.25, -0.2) is 14.8 Å². The summed E-state index contributed by atoms with van der Waals surface area (Å²) in [6, 6.07) is 18.6. The topological polar surface area (TPSA) is 89.6 Å². The summed E-state index contributed by atoms with van der Waals surface area (Å²) in [5, 5.41) is -0.173. The van der Waals surface area contributed by atoms with Crippen LogP contribution in [0.15, 0.2) is 79.3 Å². The van der Waals surface area contributed by atoms with Gasteiger partial charge in [0.1, 0.15) is 29.2 Å². The van der Waals surface area contributed by atoms with Crippen molar-refractivity contribution >= 4 is 18.7 Å². The number of imidazole rings is 1. The van der Waals surface area contributed by atoms with Gasteiger partial charge in [-0.05, 0) is 54.4 Å². The molecule has 190 valence electrons. The van der Waals surface area contributed by atoms with Crippen LogP contribution in [0, 0.1) is 6.92 Å². The number of nitrogens with zero attached hydrogens (tertiary/aromatic N) is 3. The lowest BCUT2D eigenvalue weighted by molar-refractivity contribution is 0.0930. The minimum atomic E-state index is -0.356. The molecule has 37 heavy (non-hydrogen) atoms. The average Bonchev–Trinajstić information content (AvgIpc) is 3.47. The van der Waals surface area contributed by atoms with Crippen molar-refractivity contribution in [3.63, 3.8) is 0 Å². The molecule has 0 bridgehead atoms. The second kappa shape index (κ2) is 11.4. The molecule has 1 atom stereocenters. The van der Waals surface area contributed by atoms with E-state index in [-0.39, 0.29) is 17.4 Å². The fraction of sp³-hybridized carbons (Fsp3) is 0.250. The lowest BCUT2D eigenvalue weighted by Gasteiger charge is -2.31. The van der Waals surface area contributed by atoms with Gasteiger partial charge in [0.15, 0.2) is 0 Å². The number of piperidine rings is 1. The van der Waals surface area contributed by atoms with E-state index in [1.807, 2.05) is 55.5 Å². The van der Waals surface area contributed by atoms with E-state index < -0.39 is 0 Å². The first-order valence-corrected chi connectivity index (χ1v) is 12.7. The lowest BCUT2D eigenvalue weighted by atomic mass is 10.1. The fourth-order valence-corrected chi connectivity index (χ4v) is 4.35. The van der Waals surface area contributed by atoms with Gasteiger partial charge in [-0.3, -0.25) is 0 Å². The van der Waals surface area contributed by atoms with Gasteiger partial charge in [-0.2, -0.15) is 12.6 Å². The zero-order valence-electron chi connectivity index (χ0n) is 20.4. The van der Waals surface area contributed by atoms with Crippen molar-refractivity contribution in [3.05, 3.63) is 96.2 Å². The molecule has 1 saturated heterocycles. The Morgan fingerprint density at radius 2 is 1.68 bits per heavy atom. The molecule has 1 aliphatic heterocycles. The summed E-state index contributed by atoms with van der Waals surface area (Å²) < 4.78 is 17.5. The van der Waals surface area contributed by atoms with Gasteiger partial charge in [0, 0.05) is 50.6 Å². The minimum Gasteiger partial charge on any atom is -0.490 e. The number of aromatic nitrogens is 3. The molecular formula is C28H28N4O4S. The summed E-state index contributed by atoms with van der Waals surface area (Å²) in [4.78, 5) is 25.9. The van der Waals surface area contributed by atoms with Gasteiger partial charge >= 0.3 is 6.09 Å². The Labute approximate surface area is 221 Å². The van der Waals surface area contributed by atoms with Gasteiger partial charge in [-0.15, -0.1) is 0 Å². The number of hydrogen-bond donors (Lipinski definition) is 2. The maximum absolute atomic E-state index is 12.7. The van der Waals surface area contributed by atoms with Crippen LogP contribution >= 0.6 is 12.6 Å². The molecule has 3 heterocycles. The highest BCUT2D eigenvalue weighted by molar-refractivity contribution is 7.80. The molecule has 1 N–H and O–H groups in total. The first-order valence-electron chi connectivity index (χ1n) is 12.1. The smallest absolute Gasteiger partial charge is 0.415 e. The van der Waals surface area contributed by atoms with Crippen molar-refractivity contribution in [2.75, 3.05) is 13.1 Å². The summed E-state index contributed by atoms with van der Waals surface area (Å²) in [5.74, 6) is 3.27. The number of pyridine rings is 1. The molecule has 8 nitrogen and oxygen atoms in total. The van der Waals surface area contributed by atoms with Crippen LogP contribution in [0.5, 0.6) is 23.1 Å². The highest BCUT2D eigenvalue weighted by atomic mass is 32.1. The number of rotatable bonds is 7. The SMILES string of the molecule is Cc1ccc(Oc2ccc(OC3CCN(C(=O)Oc4ccc(C(S)c5ncc[nH]5)cc4)CC3)cc2)nc1. The molecule has 1 aliphatic rings. The van der Waals surface area contributed by atoms with Crippen molar-refractivity contribution < 1.29 is 19.0 Å². The number of likely N-dealkylation sites (tertiary alicyclic amines) is 1. The quantitative estimate of drug-likeness (QED) is 0.294. The molecule has 0 radical (unpaired) electrons. The Balaban J connectivity index is 1.07. The number of aryl methyl sites for hydroxylation is 1. The van der Waals surface area contributed by atoms with E-state index in [0.29, 0.717) is 30.5 Å². The molecule has 0 saturated carbocycles. The van der Waals surface area contributed by atoms with Crippen LogP contribution in [-0.2, 0) is 0 Å². The number of carbonyl (C=O) groups is 1. The van der Waals surface area contributed by atoms with Gasteiger partial charge in [0.25, 0.3) is 0 Å². The van der Waals surface area contributed by atoms with Crippen molar-refractivity contribution in [3.8, 4) is 23.1 Å². The van der Waals surface area contributed by atoms with Gasteiger partial charge in [0.05, 0.1) is 5.25 Å². The Bertz CT molecular complexity index is 1290. The zero-order valence-corrected chi connectivity index (χ0v) is 21.3. The number of H-pyrrole nitrogens is 1. The number of nitrogens with one attached hydrogen (secondary N) is 1. The van der Waals surface area contributed by atoms with Crippen molar-refractivity contribution in [2.24, 2.45) is 0 Å². The highest BCUT2D eigenvalue weighted by Crippen LogP contribution is 2.28. The predicted octanol–water partition coefficient (Wildman–Crippen LogP) is 5.97. The van der Waals surface area contributed by atoms with E-state index >= 15 is 0 Å². The standard InChI is InChI=1S/C28H28N4O4S/c1-19-2-11-25(31-18-19)35-22-9-7-21(8-10-22)34-24-12-16-32(17-13-24)28(33)36-23-5-3-20(4-6-23)26(37)27-29-14-15-30-27/h2-11,14-15,18,24,26,37H,12-13,16-17H2,1H3,(H,29,30). The van der Waals surface area contributed by atoms with E-state index in [2.05, 4.69) is 27.6 Å². The molecule has 9 heteroatoms. The zero-order chi connectivity index (χ0) is 25.6. The second-order valence-corrected chi connectivity index (χ2v) is 9.38. The first kappa shape index (κ1) is 24.7. The van der Waals surface area contributed by atoms with Crippen LogP contribution in [0.2, 0.25) is 0 Å². The van der Waals surface area contributed by atoms with E-state index in [4.69, 9.17) is 14.2 Å². The molecule has 5 rings (SSSR count). The summed E-state index contributed by atoms with van der Waals surface area (Å²) in [6.07, 6.45) is 6.35. The number of hydrogen-bond acceptors (Lipinski definition) is 7. The first-order chi connectivity index (χ1) is 18.0. The number of amides is 1. The summed E-state index contributed by atoms with van der Waals surface area (Å²) >= 11 is 4.60. The molecular weight excluding hydrogens is 488 g/mol. The lowest BCUT2D eigenvalue weighted by Crippen LogP contribution is -2.43. The maximum atomic E-state index is 12.7. The molecule has 0 spiro atoms. The molecule has 2 aromatic heterocycles. The van der Waals surface area contributed by atoms with E-state index in [0.717, 1.165) is 35.5 Å². The van der Waals surface area contributed by atoms with Crippen LogP contribution < -0.4 is 14.2 Å².